The minimum absolute atomic E-state index is 0.0227. The van der Waals surface area contributed by atoms with Crippen molar-refractivity contribution in [2.45, 2.75) is 26.7 Å². The number of anilines is 1. The Bertz CT molecular complexity index is 1520. The molecule has 0 fully saturated rings. The SMILES string of the molecule is Cc1ccc(-n2c(-c3ccc(F)cc3)c(-c3ccccc3)c(C(=O)Nc3ccccc3)c2C(C)C)cc1. The molecule has 5 aromatic rings. The van der Waals surface area contributed by atoms with E-state index in [2.05, 4.69) is 54.9 Å². The van der Waals surface area contributed by atoms with Crippen LogP contribution in [0.25, 0.3) is 28.1 Å². The van der Waals surface area contributed by atoms with Crippen molar-refractivity contribution in [3.63, 3.8) is 0 Å². The second-order valence-electron chi connectivity index (χ2n) is 9.50. The molecule has 0 unspecified atom stereocenters. The third-order valence-corrected chi connectivity index (χ3v) is 6.49. The average Bonchev–Trinajstić information content (AvgIpc) is 3.27. The molecule has 184 valence electrons. The molecule has 0 aliphatic carbocycles. The molecule has 0 saturated carbocycles. The van der Waals surface area contributed by atoms with Crippen LogP contribution in [0.1, 0.15) is 41.4 Å². The number of carbonyl (C=O) groups is 1. The lowest BCUT2D eigenvalue weighted by atomic mass is 9.94. The maximum Gasteiger partial charge on any atom is 0.258 e. The smallest absolute Gasteiger partial charge is 0.258 e. The maximum absolute atomic E-state index is 14.1. The summed E-state index contributed by atoms with van der Waals surface area (Å²) in [6.07, 6.45) is 0. The van der Waals surface area contributed by atoms with Gasteiger partial charge in [-0.1, -0.05) is 80.1 Å². The Hall–Kier alpha value is -4.44. The van der Waals surface area contributed by atoms with Crippen LogP contribution in [0.2, 0.25) is 0 Å². The van der Waals surface area contributed by atoms with Gasteiger partial charge in [0, 0.05) is 22.6 Å². The van der Waals surface area contributed by atoms with Gasteiger partial charge in [-0.3, -0.25) is 4.79 Å². The summed E-state index contributed by atoms with van der Waals surface area (Å²) in [5, 5.41) is 3.11. The van der Waals surface area contributed by atoms with Crippen LogP contribution in [0, 0.1) is 12.7 Å². The van der Waals surface area contributed by atoms with Gasteiger partial charge in [0.25, 0.3) is 5.91 Å². The van der Waals surface area contributed by atoms with Crippen LogP contribution in [-0.4, -0.2) is 10.5 Å². The molecule has 0 radical (unpaired) electrons. The molecule has 0 aliphatic heterocycles. The van der Waals surface area contributed by atoms with Crippen LogP contribution in [0.5, 0.6) is 0 Å². The third kappa shape index (κ3) is 4.83. The van der Waals surface area contributed by atoms with Gasteiger partial charge in [0.2, 0.25) is 0 Å². The summed E-state index contributed by atoms with van der Waals surface area (Å²) >= 11 is 0. The second kappa shape index (κ2) is 10.3. The van der Waals surface area contributed by atoms with Crippen LogP contribution in [0.3, 0.4) is 0 Å². The van der Waals surface area contributed by atoms with Gasteiger partial charge in [-0.05, 0) is 72.5 Å². The van der Waals surface area contributed by atoms with Gasteiger partial charge in [-0.25, -0.2) is 4.39 Å². The molecule has 3 nitrogen and oxygen atoms in total. The van der Waals surface area contributed by atoms with E-state index in [9.17, 15) is 9.18 Å². The quantitative estimate of drug-likeness (QED) is 0.255. The number of benzene rings is 4. The molecule has 5 rings (SSSR count). The van der Waals surface area contributed by atoms with Crippen molar-refractivity contribution in [3.05, 3.63) is 132 Å². The number of hydrogen-bond acceptors (Lipinski definition) is 1. The van der Waals surface area contributed by atoms with Gasteiger partial charge in [0.1, 0.15) is 5.82 Å². The molecule has 0 spiro atoms. The number of nitrogens with zero attached hydrogens (tertiary/aromatic N) is 1. The van der Waals surface area contributed by atoms with Crippen molar-refractivity contribution in [2.24, 2.45) is 0 Å². The highest BCUT2D eigenvalue weighted by molar-refractivity contribution is 6.12. The number of aryl methyl sites for hydroxylation is 1. The fourth-order valence-electron chi connectivity index (χ4n) is 4.81. The molecule has 1 amide bonds. The van der Waals surface area contributed by atoms with Gasteiger partial charge in [-0.15, -0.1) is 0 Å². The predicted molar refractivity (Wildman–Crippen MR) is 150 cm³/mol. The van der Waals surface area contributed by atoms with Crippen molar-refractivity contribution in [3.8, 4) is 28.1 Å². The Labute approximate surface area is 217 Å². The topological polar surface area (TPSA) is 34.0 Å². The van der Waals surface area contributed by atoms with Crippen molar-refractivity contribution >= 4 is 11.6 Å². The molecule has 4 aromatic carbocycles. The molecular formula is C33H29FN2O. The number of hydrogen-bond donors (Lipinski definition) is 1. The molecule has 0 aliphatic rings. The highest BCUT2D eigenvalue weighted by atomic mass is 19.1. The number of rotatable bonds is 6. The predicted octanol–water partition coefficient (Wildman–Crippen LogP) is 8.63. The zero-order valence-corrected chi connectivity index (χ0v) is 21.2. The van der Waals surface area contributed by atoms with E-state index in [4.69, 9.17) is 0 Å². The molecular weight excluding hydrogens is 459 g/mol. The first-order valence-corrected chi connectivity index (χ1v) is 12.5. The van der Waals surface area contributed by atoms with Crippen molar-refractivity contribution in [1.82, 2.24) is 4.57 Å². The van der Waals surface area contributed by atoms with Gasteiger partial charge in [0.05, 0.1) is 11.3 Å². The van der Waals surface area contributed by atoms with Gasteiger partial charge >= 0.3 is 0 Å². The van der Waals surface area contributed by atoms with Crippen LogP contribution in [-0.2, 0) is 0 Å². The van der Waals surface area contributed by atoms with Gasteiger partial charge in [-0.2, -0.15) is 0 Å². The van der Waals surface area contributed by atoms with Crippen LogP contribution >= 0.6 is 0 Å². The molecule has 0 bridgehead atoms. The van der Waals surface area contributed by atoms with Crippen LogP contribution in [0.4, 0.5) is 10.1 Å². The first-order valence-electron chi connectivity index (χ1n) is 12.5. The average molecular weight is 489 g/mol. The van der Waals surface area contributed by atoms with Crippen molar-refractivity contribution in [2.75, 3.05) is 5.32 Å². The summed E-state index contributed by atoms with van der Waals surface area (Å²) in [7, 11) is 0. The Morgan fingerprint density at radius 1 is 0.757 bits per heavy atom. The zero-order valence-electron chi connectivity index (χ0n) is 21.2. The van der Waals surface area contributed by atoms with Crippen molar-refractivity contribution < 1.29 is 9.18 Å². The summed E-state index contributed by atoms with van der Waals surface area (Å²) < 4.78 is 16.2. The number of halogens is 1. The largest absolute Gasteiger partial charge is 0.322 e. The van der Waals surface area contributed by atoms with E-state index in [0.29, 0.717) is 5.56 Å². The first-order chi connectivity index (χ1) is 17.9. The summed E-state index contributed by atoms with van der Waals surface area (Å²) in [6, 6.07) is 34.2. The summed E-state index contributed by atoms with van der Waals surface area (Å²) in [5.74, 6) is -0.456. The van der Waals surface area contributed by atoms with E-state index in [1.165, 1.54) is 12.1 Å². The second-order valence-corrected chi connectivity index (χ2v) is 9.50. The van der Waals surface area contributed by atoms with Gasteiger partial charge < -0.3 is 9.88 Å². The van der Waals surface area contributed by atoms with E-state index in [0.717, 1.165) is 45.0 Å². The van der Waals surface area contributed by atoms with Crippen LogP contribution < -0.4 is 5.32 Å². The summed E-state index contributed by atoms with van der Waals surface area (Å²) in [4.78, 5) is 14.1. The summed E-state index contributed by atoms with van der Waals surface area (Å²) in [6.45, 7) is 6.25. The number of para-hydroxylation sites is 1. The number of aromatic nitrogens is 1. The minimum Gasteiger partial charge on any atom is -0.322 e. The lowest BCUT2D eigenvalue weighted by Gasteiger charge is -2.17. The monoisotopic (exact) mass is 488 g/mol. The standard InChI is InChI=1S/C33H29FN2O/c1-22(2)31-30(33(37)35-27-12-8-5-9-13-27)29(24-10-6-4-7-11-24)32(25-16-18-26(34)19-17-25)36(31)28-20-14-23(3)15-21-28/h4-22H,1-3H3,(H,35,37). The Morgan fingerprint density at radius 3 is 1.95 bits per heavy atom. The lowest BCUT2D eigenvalue weighted by Crippen LogP contribution is -2.16. The Kier molecular flexibility index (Phi) is 6.74. The number of nitrogens with one attached hydrogen (secondary N) is 1. The number of amides is 1. The molecule has 0 atom stereocenters. The zero-order chi connectivity index (χ0) is 25.9. The van der Waals surface area contributed by atoms with E-state index in [1.54, 1.807) is 12.1 Å². The molecule has 1 aromatic heterocycles. The van der Waals surface area contributed by atoms with E-state index in [-0.39, 0.29) is 17.6 Å². The molecule has 1 heterocycles. The van der Waals surface area contributed by atoms with E-state index < -0.39 is 0 Å². The lowest BCUT2D eigenvalue weighted by molar-refractivity contribution is 0.102. The highest BCUT2D eigenvalue weighted by Gasteiger charge is 2.31. The maximum atomic E-state index is 14.1. The first kappa shape index (κ1) is 24.3. The summed E-state index contributed by atoms with van der Waals surface area (Å²) in [5.41, 5.74) is 7.78. The molecule has 4 heteroatoms. The molecule has 0 saturated heterocycles. The van der Waals surface area contributed by atoms with Crippen LogP contribution in [0.15, 0.2) is 109 Å². The minimum atomic E-state index is -0.301. The normalized spacial score (nSPS) is 11.1. The Balaban J connectivity index is 1.89. The van der Waals surface area contributed by atoms with E-state index >= 15 is 0 Å². The van der Waals surface area contributed by atoms with Crippen molar-refractivity contribution in [1.29, 1.82) is 0 Å². The van der Waals surface area contributed by atoms with Gasteiger partial charge in [0.15, 0.2) is 0 Å². The fraction of sp³-hybridized carbons (Fsp3) is 0.121. The van der Waals surface area contributed by atoms with E-state index in [1.807, 2.05) is 60.7 Å². The fourth-order valence-corrected chi connectivity index (χ4v) is 4.81. The Morgan fingerprint density at radius 2 is 1.35 bits per heavy atom. The highest BCUT2D eigenvalue weighted by Crippen LogP contribution is 2.44. The molecule has 37 heavy (non-hydrogen) atoms. The number of carbonyl (C=O) groups excluding carboxylic acids is 1. The molecule has 1 N–H and O–H groups in total. The third-order valence-electron chi connectivity index (χ3n) is 6.49.